The maximum absolute atomic E-state index is 6.36. The van der Waals surface area contributed by atoms with Gasteiger partial charge in [-0.1, -0.05) is 64.1 Å². The van der Waals surface area contributed by atoms with Gasteiger partial charge in [0.2, 0.25) is 0 Å². The summed E-state index contributed by atoms with van der Waals surface area (Å²) in [7, 11) is 0. The monoisotopic (exact) mass is 484 g/mol. The van der Waals surface area contributed by atoms with Crippen LogP contribution in [0.4, 0.5) is 0 Å². The van der Waals surface area contributed by atoms with Gasteiger partial charge in [0.15, 0.2) is 0 Å². The van der Waals surface area contributed by atoms with E-state index in [1.165, 1.54) is 22.3 Å². The zero-order valence-electron chi connectivity index (χ0n) is 22.7. The van der Waals surface area contributed by atoms with Gasteiger partial charge < -0.3 is 14.0 Å². The highest BCUT2D eigenvalue weighted by Crippen LogP contribution is 2.29. The van der Waals surface area contributed by atoms with E-state index in [2.05, 4.69) is 101 Å². The van der Waals surface area contributed by atoms with Crippen molar-refractivity contribution >= 4 is 11.0 Å². The number of unbranched alkanes of at least 4 members (excludes halogenated alkanes) is 1. The summed E-state index contributed by atoms with van der Waals surface area (Å²) in [6.45, 7) is 15.1. The number of ether oxygens (including phenoxy) is 2. The minimum absolute atomic E-state index is 0.407. The fraction of sp³-hybridized carbons (Fsp3) is 0.406. The van der Waals surface area contributed by atoms with E-state index in [0.29, 0.717) is 25.0 Å². The molecule has 36 heavy (non-hydrogen) atoms. The van der Waals surface area contributed by atoms with Crippen LogP contribution in [0.2, 0.25) is 0 Å². The Hall–Kier alpha value is -3.27. The second-order valence-electron chi connectivity index (χ2n) is 10.4. The van der Waals surface area contributed by atoms with E-state index in [1.807, 2.05) is 6.07 Å². The van der Waals surface area contributed by atoms with E-state index in [9.17, 15) is 0 Å². The van der Waals surface area contributed by atoms with Gasteiger partial charge in [0.25, 0.3) is 0 Å². The lowest BCUT2D eigenvalue weighted by Crippen LogP contribution is -2.10. The predicted octanol–water partition coefficient (Wildman–Crippen LogP) is 8.34. The average Bonchev–Trinajstić information content (AvgIpc) is 3.19. The third-order valence-electron chi connectivity index (χ3n) is 6.71. The van der Waals surface area contributed by atoms with Gasteiger partial charge in [0.05, 0.1) is 17.6 Å². The third kappa shape index (κ3) is 6.10. The van der Waals surface area contributed by atoms with Crippen LogP contribution >= 0.6 is 0 Å². The summed E-state index contributed by atoms with van der Waals surface area (Å²) in [6.07, 6.45) is 1.99. The first-order valence-electron chi connectivity index (χ1n) is 13.2. The van der Waals surface area contributed by atoms with Crippen LogP contribution < -0.4 is 9.47 Å². The quantitative estimate of drug-likeness (QED) is 0.201. The molecule has 0 aliphatic rings. The molecular weight excluding hydrogens is 444 g/mol. The molecule has 0 amide bonds. The number of rotatable bonds is 11. The standard InChI is InChI=1S/C32H40N2O2/c1-22(2)26-15-13-24(5)19-30(26)35-18-10-9-17-34-29-12-8-7-11-28(29)33-32(34)21-36-31-20-25(6)14-16-27(31)23(3)4/h7-8,11-16,19-20,22-23H,9-10,17-18,21H2,1-6H3. The fourth-order valence-corrected chi connectivity index (χ4v) is 4.67. The number of benzene rings is 3. The summed E-state index contributed by atoms with van der Waals surface area (Å²) in [4.78, 5) is 4.92. The topological polar surface area (TPSA) is 36.3 Å². The molecule has 0 bridgehead atoms. The zero-order chi connectivity index (χ0) is 25.7. The van der Waals surface area contributed by atoms with E-state index in [4.69, 9.17) is 14.5 Å². The number of imidazole rings is 1. The maximum atomic E-state index is 6.36. The van der Waals surface area contributed by atoms with Crippen molar-refractivity contribution in [3.05, 3.63) is 88.7 Å². The molecule has 190 valence electrons. The summed E-state index contributed by atoms with van der Waals surface area (Å²) in [5.74, 6) is 3.80. The van der Waals surface area contributed by atoms with Crippen molar-refractivity contribution < 1.29 is 9.47 Å². The molecule has 1 aromatic heterocycles. The van der Waals surface area contributed by atoms with Gasteiger partial charge in [-0.2, -0.15) is 0 Å². The first kappa shape index (κ1) is 25.8. The lowest BCUT2D eigenvalue weighted by molar-refractivity contribution is 0.281. The lowest BCUT2D eigenvalue weighted by atomic mass is 10.0. The number of nitrogens with zero attached hydrogens (tertiary/aromatic N) is 2. The van der Waals surface area contributed by atoms with Crippen molar-refractivity contribution in [3.63, 3.8) is 0 Å². The summed E-state index contributed by atoms with van der Waals surface area (Å²) in [6, 6.07) is 21.3. The fourth-order valence-electron chi connectivity index (χ4n) is 4.67. The van der Waals surface area contributed by atoms with E-state index in [-0.39, 0.29) is 0 Å². The SMILES string of the molecule is Cc1ccc(C(C)C)c(OCCCCn2c(COc3cc(C)ccc3C(C)C)nc3ccccc32)c1. The Labute approximate surface area is 216 Å². The van der Waals surface area contributed by atoms with Crippen LogP contribution in [0.1, 0.15) is 80.5 Å². The summed E-state index contributed by atoms with van der Waals surface area (Å²) < 4.78 is 14.9. The number of fused-ring (bicyclic) bond motifs is 1. The van der Waals surface area contributed by atoms with Crippen molar-refractivity contribution in [2.75, 3.05) is 6.61 Å². The number of aryl methyl sites for hydroxylation is 3. The van der Waals surface area contributed by atoms with E-state index >= 15 is 0 Å². The molecule has 0 aliphatic heterocycles. The van der Waals surface area contributed by atoms with Crippen molar-refractivity contribution in [1.82, 2.24) is 9.55 Å². The molecule has 4 heteroatoms. The molecule has 0 spiro atoms. The number of hydrogen-bond acceptors (Lipinski definition) is 3. The molecule has 0 N–H and O–H groups in total. The number of hydrogen-bond donors (Lipinski definition) is 0. The van der Waals surface area contributed by atoms with Crippen LogP contribution in [0.15, 0.2) is 60.7 Å². The third-order valence-corrected chi connectivity index (χ3v) is 6.71. The van der Waals surface area contributed by atoms with Crippen LogP contribution in [0.5, 0.6) is 11.5 Å². The molecule has 0 saturated heterocycles. The van der Waals surface area contributed by atoms with Gasteiger partial charge in [0.1, 0.15) is 23.9 Å². The van der Waals surface area contributed by atoms with Crippen LogP contribution in [0.3, 0.4) is 0 Å². The Bertz CT molecular complexity index is 1300. The molecule has 0 fully saturated rings. The highest BCUT2D eigenvalue weighted by Gasteiger charge is 2.14. The molecular formula is C32H40N2O2. The average molecular weight is 485 g/mol. The largest absolute Gasteiger partial charge is 0.493 e. The van der Waals surface area contributed by atoms with Gasteiger partial charge in [0, 0.05) is 6.54 Å². The Morgan fingerprint density at radius 3 is 2.00 bits per heavy atom. The highest BCUT2D eigenvalue weighted by atomic mass is 16.5. The first-order valence-corrected chi connectivity index (χ1v) is 13.2. The number of aromatic nitrogens is 2. The van der Waals surface area contributed by atoms with Gasteiger partial charge in [-0.3, -0.25) is 0 Å². The minimum Gasteiger partial charge on any atom is -0.493 e. The van der Waals surface area contributed by atoms with Crippen LogP contribution in [-0.4, -0.2) is 16.2 Å². The summed E-state index contributed by atoms with van der Waals surface area (Å²) in [5.41, 5.74) is 7.12. The molecule has 0 atom stereocenters. The Morgan fingerprint density at radius 2 is 1.36 bits per heavy atom. The molecule has 4 aromatic rings. The molecule has 0 aliphatic carbocycles. The Kier molecular flexibility index (Phi) is 8.35. The molecule has 1 heterocycles. The Morgan fingerprint density at radius 1 is 0.750 bits per heavy atom. The van der Waals surface area contributed by atoms with E-state index < -0.39 is 0 Å². The van der Waals surface area contributed by atoms with Crippen molar-refractivity contribution in [2.45, 2.75) is 79.4 Å². The maximum Gasteiger partial charge on any atom is 0.147 e. The van der Waals surface area contributed by atoms with E-state index in [1.54, 1.807) is 0 Å². The Balaban J connectivity index is 1.43. The second kappa shape index (κ2) is 11.6. The van der Waals surface area contributed by atoms with Crippen LogP contribution in [-0.2, 0) is 13.2 Å². The molecule has 0 unspecified atom stereocenters. The van der Waals surface area contributed by atoms with Gasteiger partial charge >= 0.3 is 0 Å². The highest BCUT2D eigenvalue weighted by molar-refractivity contribution is 5.75. The smallest absolute Gasteiger partial charge is 0.147 e. The zero-order valence-corrected chi connectivity index (χ0v) is 22.7. The van der Waals surface area contributed by atoms with Crippen LogP contribution in [0.25, 0.3) is 11.0 Å². The van der Waals surface area contributed by atoms with Gasteiger partial charge in [-0.05, 0) is 85.0 Å². The van der Waals surface area contributed by atoms with Crippen molar-refractivity contribution in [1.29, 1.82) is 0 Å². The second-order valence-corrected chi connectivity index (χ2v) is 10.4. The molecule has 0 saturated carbocycles. The van der Waals surface area contributed by atoms with Crippen LogP contribution in [0, 0.1) is 13.8 Å². The first-order chi connectivity index (χ1) is 17.3. The van der Waals surface area contributed by atoms with E-state index in [0.717, 1.165) is 47.7 Å². The number of para-hydroxylation sites is 2. The van der Waals surface area contributed by atoms with Gasteiger partial charge in [-0.25, -0.2) is 4.98 Å². The predicted molar refractivity (Wildman–Crippen MR) is 149 cm³/mol. The molecule has 4 rings (SSSR count). The van der Waals surface area contributed by atoms with Gasteiger partial charge in [-0.15, -0.1) is 0 Å². The molecule has 0 radical (unpaired) electrons. The molecule has 4 nitrogen and oxygen atoms in total. The summed E-state index contributed by atoms with van der Waals surface area (Å²) >= 11 is 0. The minimum atomic E-state index is 0.407. The van der Waals surface area contributed by atoms with Crippen molar-refractivity contribution in [2.24, 2.45) is 0 Å². The normalized spacial score (nSPS) is 11.6. The summed E-state index contributed by atoms with van der Waals surface area (Å²) in [5, 5.41) is 0. The van der Waals surface area contributed by atoms with Crippen molar-refractivity contribution in [3.8, 4) is 11.5 Å². The molecule has 3 aromatic carbocycles. The lowest BCUT2D eigenvalue weighted by Gasteiger charge is -2.16.